The lowest BCUT2D eigenvalue weighted by Gasteiger charge is -2.48. The van der Waals surface area contributed by atoms with Crippen LogP contribution >= 0.6 is 23.5 Å². The van der Waals surface area contributed by atoms with Gasteiger partial charge in [-0.2, -0.15) is 0 Å². The van der Waals surface area contributed by atoms with Crippen molar-refractivity contribution in [2.75, 3.05) is 65.6 Å². The quantitative estimate of drug-likeness (QED) is 0.276. The second-order valence-electron chi connectivity index (χ2n) is 15.3. The minimum absolute atomic E-state index is 0.0808. The Morgan fingerprint density at radius 3 is 2.56 bits per heavy atom. The molecule has 1 saturated heterocycles. The molecule has 8 nitrogen and oxygen atoms in total. The van der Waals surface area contributed by atoms with E-state index in [2.05, 4.69) is 54.6 Å². The summed E-state index contributed by atoms with van der Waals surface area (Å²) in [5.74, 6) is 2.65. The van der Waals surface area contributed by atoms with Crippen LogP contribution in [-0.4, -0.2) is 89.1 Å². The van der Waals surface area contributed by atoms with E-state index in [1.54, 1.807) is 7.11 Å². The molecule has 1 saturated carbocycles. The molecule has 6 rings (SSSR count). The molecule has 3 heterocycles. The number of aryl methyl sites for hydroxylation is 1. The van der Waals surface area contributed by atoms with Gasteiger partial charge in [-0.3, -0.25) is 9.52 Å². The molecule has 276 valence electrons. The Bertz CT molecular complexity index is 1420. The van der Waals surface area contributed by atoms with Gasteiger partial charge in [-0.15, -0.1) is 0 Å². The van der Waals surface area contributed by atoms with Crippen LogP contribution in [0.5, 0.6) is 5.75 Å². The first-order chi connectivity index (χ1) is 24.2. The third-order valence-electron chi connectivity index (χ3n) is 11.7. The SMILES string of the molecule is CCCCc1cc(Cl)ccc1C1COc2ccc3cc2N(C1)CC1CCC1C(C1OCC(N(C)C)CO1)CCCC(C)C(COC)SNC3=O. The van der Waals surface area contributed by atoms with E-state index in [0.717, 1.165) is 68.1 Å². The predicted molar refractivity (Wildman–Crippen MR) is 204 cm³/mol. The zero-order chi connectivity index (χ0) is 35.2. The van der Waals surface area contributed by atoms with Crippen molar-refractivity contribution >= 4 is 35.1 Å². The van der Waals surface area contributed by atoms with Gasteiger partial charge in [0.25, 0.3) is 5.91 Å². The molecule has 1 amide bonds. The van der Waals surface area contributed by atoms with Crippen molar-refractivity contribution in [1.29, 1.82) is 0 Å². The van der Waals surface area contributed by atoms with E-state index in [1.165, 1.54) is 35.9 Å². The van der Waals surface area contributed by atoms with Crippen LogP contribution in [0.4, 0.5) is 5.69 Å². The Hall–Kier alpha value is -2.01. The number of benzene rings is 2. The third kappa shape index (κ3) is 8.95. The van der Waals surface area contributed by atoms with E-state index < -0.39 is 0 Å². The van der Waals surface area contributed by atoms with Gasteiger partial charge in [0, 0.05) is 42.6 Å². The number of likely N-dealkylation sites (N-methyl/N-ethyl adjacent to an activating group) is 1. The monoisotopic (exact) mass is 727 g/mol. The lowest BCUT2D eigenvalue weighted by atomic mass is 9.65. The normalized spacial score (nSPS) is 30.9. The summed E-state index contributed by atoms with van der Waals surface area (Å²) in [6.07, 6.45) is 8.66. The summed E-state index contributed by atoms with van der Waals surface area (Å²) in [7, 11) is 5.94. The van der Waals surface area contributed by atoms with Crippen molar-refractivity contribution in [1.82, 2.24) is 9.62 Å². The number of amides is 1. The largest absolute Gasteiger partial charge is 0.491 e. The number of hydrogen-bond donors (Lipinski definition) is 1. The topological polar surface area (TPSA) is 72.5 Å². The number of rotatable bonds is 8. The molecule has 0 spiro atoms. The summed E-state index contributed by atoms with van der Waals surface area (Å²) in [5, 5.41) is 0.934. The van der Waals surface area contributed by atoms with Crippen molar-refractivity contribution in [3.63, 3.8) is 0 Å². The van der Waals surface area contributed by atoms with Crippen LogP contribution in [0.25, 0.3) is 0 Å². The summed E-state index contributed by atoms with van der Waals surface area (Å²) in [5.41, 5.74) is 4.29. The second kappa shape index (κ2) is 17.7. The third-order valence-corrected chi connectivity index (χ3v) is 13.2. The molecular weight excluding hydrogens is 670 g/mol. The van der Waals surface area contributed by atoms with E-state index in [0.29, 0.717) is 55.7 Å². The van der Waals surface area contributed by atoms with Crippen molar-refractivity contribution in [3.8, 4) is 5.75 Å². The van der Waals surface area contributed by atoms with Crippen LogP contribution in [0, 0.1) is 23.7 Å². The Labute approximate surface area is 309 Å². The van der Waals surface area contributed by atoms with Crippen molar-refractivity contribution in [2.45, 2.75) is 88.7 Å². The Kier molecular flexibility index (Phi) is 13.3. The Morgan fingerprint density at radius 1 is 1.02 bits per heavy atom. The molecule has 6 atom stereocenters. The lowest BCUT2D eigenvalue weighted by Crippen LogP contribution is -2.50. The van der Waals surface area contributed by atoms with Gasteiger partial charge in [0.1, 0.15) is 5.75 Å². The summed E-state index contributed by atoms with van der Waals surface area (Å²) in [4.78, 5) is 18.4. The smallest absolute Gasteiger partial charge is 0.261 e. The van der Waals surface area contributed by atoms with Gasteiger partial charge in [0.15, 0.2) is 6.29 Å². The molecule has 3 aliphatic heterocycles. The van der Waals surface area contributed by atoms with Crippen molar-refractivity contribution in [2.24, 2.45) is 23.7 Å². The molecule has 1 aliphatic carbocycles. The molecule has 1 N–H and O–H groups in total. The first kappa shape index (κ1) is 37.7. The summed E-state index contributed by atoms with van der Waals surface area (Å²) >= 11 is 8.03. The maximum absolute atomic E-state index is 13.6. The van der Waals surface area contributed by atoms with Crippen LogP contribution in [0.15, 0.2) is 36.4 Å². The molecule has 0 aromatic heterocycles. The maximum Gasteiger partial charge on any atom is 0.261 e. The van der Waals surface area contributed by atoms with E-state index in [4.69, 9.17) is 30.5 Å². The number of nitrogens with zero attached hydrogens (tertiary/aromatic N) is 2. The van der Waals surface area contributed by atoms with E-state index in [1.807, 2.05) is 24.3 Å². The fourth-order valence-corrected chi connectivity index (χ4v) is 9.50. The zero-order valence-corrected chi connectivity index (χ0v) is 32.3. The molecule has 10 heteroatoms. The summed E-state index contributed by atoms with van der Waals surface area (Å²) < 4.78 is 28.5. The standard InChI is InChI=1S/C40H58ClN3O5S/c1-6-7-10-27-18-31(41)14-16-33(27)30-21-44-20-29-12-15-34(29)35(40-48-23-32(24-49-40)43(3)4)11-8-9-26(2)38(25-46-5)50-42-39(45)28-13-17-37(47-22-30)36(44)19-28/h13-14,16-19,26,29-30,32,34-35,38,40H,6-12,15,20-25H2,1-5H3,(H,42,45). The molecule has 2 aromatic carbocycles. The van der Waals surface area contributed by atoms with Crippen LogP contribution < -0.4 is 14.4 Å². The number of fused-ring (bicyclic) bond motifs is 2. The second-order valence-corrected chi connectivity index (χ2v) is 16.8. The number of hydrogen-bond acceptors (Lipinski definition) is 8. The number of carbonyl (C=O) groups is 1. The predicted octanol–water partition coefficient (Wildman–Crippen LogP) is 7.82. The van der Waals surface area contributed by atoms with Gasteiger partial charge in [0.05, 0.1) is 43.4 Å². The molecule has 0 radical (unpaired) electrons. The van der Waals surface area contributed by atoms with Crippen molar-refractivity contribution in [3.05, 3.63) is 58.1 Å². The number of unbranched alkanes of at least 4 members (excludes halogenated alkanes) is 1. The van der Waals surface area contributed by atoms with Gasteiger partial charge in [-0.05, 0) is 124 Å². The molecule has 2 bridgehead atoms. The van der Waals surface area contributed by atoms with Crippen molar-refractivity contribution < 1.29 is 23.7 Å². The van der Waals surface area contributed by atoms with Gasteiger partial charge in [0.2, 0.25) is 0 Å². The minimum atomic E-state index is -0.175. The fourth-order valence-electron chi connectivity index (χ4n) is 8.35. The highest BCUT2D eigenvalue weighted by Gasteiger charge is 2.44. The summed E-state index contributed by atoms with van der Waals surface area (Å²) in [6, 6.07) is 12.6. The average molecular weight is 728 g/mol. The van der Waals surface area contributed by atoms with Crippen LogP contribution in [0.1, 0.15) is 86.2 Å². The lowest BCUT2D eigenvalue weighted by molar-refractivity contribution is -0.240. The van der Waals surface area contributed by atoms with Gasteiger partial charge < -0.3 is 28.7 Å². The maximum atomic E-state index is 13.6. The molecule has 50 heavy (non-hydrogen) atoms. The first-order valence-corrected chi connectivity index (χ1v) is 20.2. The van der Waals surface area contributed by atoms with Gasteiger partial charge in [-0.1, -0.05) is 44.4 Å². The highest BCUT2D eigenvalue weighted by Crippen LogP contribution is 2.47. The highest BCUT2D eigenvalue weighted by atomic mass is 35.5. The zero-order valence-electron chi connectivity index (χ0n) is 30.7. The highest BCUT2D eigenvalue weighted by molar-refractivity contribution is 7.98. The number of methoxy groups -OCH3 is 1. The minimum Gasteiger partial charge on any atom is -0.491 e. The number of halogens is 1. The molecule has 4 aliphatic rings. The Morgan fingerprint density at radius 2 is 1.84 bits per heavy atom. The van der Waals surface area contributed by atoms with E-state index in [-0.39, 0.29) is 29.4 Å². The van der Waals surface area contributed by atoms with Gasteiger partial charge in [-0.25, -0.2) is 0 Å². The average Bonchev–Trinajstić information content (AvgIpc) is 3.28. The Balaban J connectivity index is 1.33. The number of carbonyl (C=O) groups excluding carboxylic acids is 1. The van der Waals surface area contributed by atoms with E-state index >= 15 is 0 Å². The molecular formula is C40H58ClN3O5S. The molecule has 6 unspecified atom stereocenters. The van der Waals surface area contributed by atoms with Gasteiger partial charge >= 0.3 is 0 Å². The van der Waals surface area contributed by atoms with Crippen LogP contribution in [0.3, 0.4) is 0 Å². The summed E-state index contributed by atoms with van der Waals surface area (Å²) in [6.45, 7) is 8.81. The first-order valence-electron chi connectivity index (χ1n) is 18.9. The molecule has 2 fully saturated rings. The van der Waals surface area contributed by atoms with Crippen LogP contribution in [-0.2, 0) is 20.6 Å². The fraction of sp³-hybridized carbons (Fsp3) is 0.675. The molecule has 2 aromatic rings. The van der Waals surface area contributed by atoms with E-state index in [9.17, 15) is 4.79 Å². The van der Waals surface area contributed by atoms with Crippen LogP contribution in [0.2, 0.25) is 5.02 Å². The number of ether oxygens (including phenoxy) is 4. The number of anilines is 1. The number of nitrogens with one attached hydrogen (secondary N) is 1.